The lowest BCUT2D eigenvalue weighted by Gasteiger charge is -2.19. The van der Waals surface area contributed by atoms with Gasteiger partial charge in [0.1, 0.15) is 11.6 Å². The van der Waals surface area contributed by atoms with Crippen LogP contribution in [0, 0.1) is 10.1 Å². The Bertz CT molecular complexity index is 1230. The summed E-state index contributed by atoms with van der Waals surface area (Å²) in [7, 11) is 3.00. The highest BCUT2D eigenvalue weighted by Crippen LogP contribution is 2.42. The Kier molecular flexibility index (Phi) is 5.73. The molecule has 1 unspecified atom stereocenters. The molecule has 1 aliphatic rings. The third kappa shape index (κ3) is 4.62. The van der Waals surface area contributed by atoms with Crippen molar-refractivity contribution in [3.8, 4) is 11.5 Å². The molecule has 1 saturated carbocycles. The standard InChI is InChI=1S/C22H21F3N4O4/c1-11(13-6-14(22(23,24)25)8-15(7-13)29(30)31)26-21-16-9-18(32-2)19(33-3)10-17(16)27-20(28-21)12-4-5-12/h6-12H,4-5H2,1-3H3,(H,26,27,28). The van der Waals surface area contributed by atoms with Gasteiger partial charge in [-0.2, -0.15) is 13.2 Å². The Labute approximate surface area is 186 Å². The van der Waals surface area contributed by atoms with Crippen LogP contribution in [-0.2, 0) is 6.18 Å². The highest BCUT2D eigenvalue weighted by molar-refractivity contribution is 5.92. The Morgan fingerprint density at radius 2 is 1.76 bits per heavy atom. The van der Waals surface area contributed by atoms with Crippen molar-refractivity contribution in [1.82, 2.24) is 9.97 Å². The second kappa shape index (κ2) is 8.38. The van der Waals surface area contributed by atoms with Gasteiger partial charge in [0.15, 0.2) is 11.5 Å². The predicted molar refractivity (Wildman–Crippen MR) is 115 cm³/mol. The molecule has 0 bridgehead atoms. The van der Waals surface area contributed by atoms with Gasteiger partial charge in [-0.05, 0) is 37.5 Å². The Balaban J connectivity index is 1.79. The van der Waals surface area contributed by atoms with Gasteiger partial charge < -0.3 is 14.8 Å². The van der Waals surface area contributed by atoms with Crippen molar-refractivity contribution >= 4 is 22.4 Å². The Hall–Kier alpha value is -3.63. The highest BCUT2D eigenvalue weighted by Gasteiger charge is 2.33. The monoisotopic (exact) mass is 462 g/mol. The van der Waals surface area contributed by atoms with Crippen molar-refractivity contribution in [3.63, 3.8) is 0 Å². The zero-order valence-corrected chi connectivity index (χ0v) is 18.1. The number of nitrogens with one attached hydrogen (secondary N) is 1. The summed E-state index contributed by atoms with van der Waals surface area (Å²) in [5.41, 5.74) is -1.02. The molecule has 1 atom stereocenters. The van der Waals surface area contributed by atoms with Crippen molar-refractivity contribution in [1.29, 1.82) is 0 Å². The first-order valence-corrected chi connectivity index (χ1v) is 10.2. The number of alkyl halides is 3. The molecular weight excluding hydrogens is 441 g/mol. The zero-order chi connectivity index (χ0) is 23.9. The fourth-order valence-corrected chi connectivity index (χ4v) is 3.55. The number of benzene rings is 2. The molecule has 1 aromatic heterocycles. The molecule has 1 aliphatic carbocycles. The maximum absolute atomic E-state index is 13.3. The molecular formula is C22H21F3N4O4. The number of nitro groups is 1. The largest absolute Gasteiger partial charge is 0.493 e. The van der Waals surface area contributed by atoms with Gasteiger partial charge in [-0.25, -0.2) is 9.97 Å². The summed E-state index contributed by atoms with van der Waals surface area (Å²) < 4.78 is 50.7. The lowest BCUT2D eigenvalue weighted by atomic mass is 10.0. The van der Waals surface area contributed by atoms with E-state index in [-0.39, 0.29) is 11.5 Å². The van der Waals surface area contributed by atoms with Crippen molar-refractivity contribution < 1.29 is 27.6 Å². The van der Waals surface area contributed by atoms with E-state index in [1.807, 2.05) is 0 Å². The van der Waals surface area contributed by atoms with Crippen molar-refractivity contribution in [2.75, 3.05) is 19.5 Å². The van der Waals surface area contributed by atoms with E-state index in [4.69, 9.17) is 9.47 Å². The van der Waals surface area contributed by atoms with E-state index in [0.717, 1.165) is 25.0 Å². The van der Waals surface area contributed by atoms with E-state index in [1.165, 1.54) is 14.2 Å². The van der Waals surface area contributed by atoms with Crippen molar-refractivity contribution in [2.45, 2.75) is 37.9 Å². The lowest BCUT2D eigenvalue weighted by molar-refractivity contribution is -0.385. The summed E-state index contributed by atoms with van der Waals surface area (Å²) in [6.45, 7) is 1.62. The fourth-order valence-electron chi connectivity index (χ4n) is 3.55. The van der Waals surface area contributed by atoms with Gasteiger partial charge in [0.25, 0.3) is 5.69 Å². The average Bonchev–Trinajstić information content (AvgIpc) is 3.62. The number of ether oxygens (including phenoxy) is 2. The van der Waals surface area contributed by atoms with Gasteiger partial charge in [0, 0.05) is 29.5 Å². The predicted octanol–water partition coefficient (Wildman–Crippen LogP) is 5.62. The van der Waals surface area contributed by atoms with E-state index in [0.29, 0.717) is 40.1 Å². The number of hydrogen-bond donors (Lipinski definition) is 1. The number of non-ortho nitro benzene ring substituents is 1. The molecule has 11 heteroatoms. The van der Waals surface area contributed by atoms with E-state index >= 15 is 0 Å². The number of methoxy groups -OCH3 is 2. The third-order valence-electron chi connectivity index (χ3n) is 5.49. The lowest BCUT2D eigenvalue weighted by Crippen LogP contribution is -2.13. The topological polar surface area (TPSA) is 99.4 Å². The molecule has 4 rings (SSSR count). The van der Waals surface area contributed by atoms with Crippen LogP contribution in [0.2, 0.25) is 0 Å². The minimum Gasteiger partial charge on any atom is -0.493 e. The summed E-state index contributed by atoms with van der Waals surface area (Å²) in [5, 5.41) is 14.9. The van der Waals surface area contributed by atoms with Crippen molar-refractivity contribution in [3.05, 3.63) is 57.4 Å². The number of fused-ring (bicyclic) bond motifs is 1. The number of anilines is 1. The maximum atomic E-state index is 13.3. The summed E-state index contributed by atoms with van der Waals surface area (Å²) in [6, 6.07) is 5.24. The van der Waals surface area contributed by atoms with Crippen LogP contribution >= 0.6 is 0 Å². The summed E-state index contributed by atoms with van der Waals surface area (Å²) in [4.78, 5) is 19.6. The molecule has 0 radical (unpaired) electrons. The summed E-state index contributed by atoms with van der Waals surface area (Å²) in [5.74, 6) is 2.17. The van der Waals surface area contributed by atoms with Gasteiger partial charge in [-0.15, -0.1) is 0 Å². The number of rotatable bonds is 7. The molecule has 3 aromatic rings. The van der Waals surface area contributed by atoms with Gasteiger partial charge in [0.2, 0.25) is 0 Å². The summed E-state index contributed by atoms with van der Waals surface area (Å²) in [6.07, 6.45) is -2.81. The normalized spacial score (nSPS) is 14.7. The third-order valence-corrected chi connectivity index (χ3v) is 5.49. The molecule has 174 valence electrons. The van der Waals surface area contributed by atoms with Crippen LogP contribution < -0.4 is 14.8 Å². The maximum Gasteiger partial charge on any atom is 0.416 e. The number of nitro benzene ring substituents is 1. The Morgan fingerprint density at radius 3 is 2.33 bits per heavy atom. The number of aromatic nitrogens is 2. The van der Waals surface area contributed by atoms with Crippen LogP contribution in [-0.4, -0.2) is 29.1 Å². The second-order valence-electron chi connectivity index (χ2n) is 7.86. The van der Waals surface area contributed by atoms with Gasteiger partial charge in [-0.3, -0.25) is 10.1 Å². The number of halogens is 3. The minimum atomic E-state index is -4.72. The minimum absolute atomic E-state index is 0.108. The molecule has 2 aromatic carbocycles. The van der Waals surface area contributed by atoms with Crippen LogP contribution in [0.25, 0.3) is 10.9 Å². The van der Waals surface area contributed by atoms with Gasteiger partial charge in [0.05, 0.1) is 36.3 Å². The number of hydrogen-bond acceptors (Lipinski definition) is 7. The van der Waals surface area contributed by atoms with Gasteiger partial charge in [-0.1, -0.05) is 0 Å². The first-order valence-electron chi connectivity index (χ1n) is 10.2. The molecule has 8 nitrogen and oxygen atoms in total. The molecule has 33 heavy (non-hydrogen) atoms. The molecule has 0 amide bonds. The molecule has 0 spiro atoms. The van der Waals surface area contributed by atoms with Crippen molar-refractivity contribution in [2.24, 2.45) is 0 Å². The van der Waals surface area contributed by atoms with Crippen LogP contribution in [0.3, 0.4) is 0 Å². The van der Waals surface area contributed by atoms with Crippen LogP contribution in [0.1, 0.15) is 48.7 Å². The van der Waals surface area contributed by atoms with Gasteiger partial charge >= 0.3 is 6.18 Å². The van der Waals surface area contributed by atoms with E-state index < -0.39 is 28.4 Å². The fraction of sp³-hybridized carbons (Fsp3) is 0.364. The van der Waals surface area contributed by atoms with E-state index in [2.05, 4.69) is 15.3 Å². The first-order chi connectivity index (χ1) is 15.6. The van der Waals surface area contributed by atoms with Crippen LogP contribution in [0.15, 0.2) is 30.3 Å². The molecule has 1 N–H and O–H groups in total. The van der Waals surface area contributed by atoms with E-state index in [9.17, 15) is 23.3 Å². The van der Waals surface area contributed by atoms with E-state index in [1.54, 1.807) is 19.1 Å². The van der Waals surface area contributed by atoms with Crippen LogP contribution in [0.5, 0.6) is 11.5 Å². The molecule has 0 saturated heterocycles. The molecule has 1 heterocycles. The first kappa shape index (κ1) is 22.6. The SMILES string of the molecule is COc1cc2nc(C3CC3)nc(NC(C)c3cc([N+](=O)[O-])cc(C(F)(F)F)c3)c2cc1OC. The molecule has 0 aliphatic heterocycles. The highest BCUT2D eigenvalue weighted by atomic mass is 19.4. The smallest absolute Gasteiger partial charge is 0.416 e. The molecule has 1 fully saturated rings. The second-order valence-corrected chi connectivity index (χ2v) is 7.86. The number of nitrogens with zero attached hydrogens (tertiary/aromatic N) is 3. The summed E-state index contributed by atoms with van der Waals surface area (Å²) >= 11 is 0. The zero-order valence-electron chi connectivity index (χ0n) is 18.1. The Morgan fingerprint density at radius 1 is 1.09 bits per heavy atom. The quantitative estimate of drug-likeness (QED) is 0.359. The average molecular weight is 462 g/mol. The van der Waals surface area contributed by atoms with Crippen LogP contribution in [0.4, 0.5) is 24.7 Å².